The van der Waals surface area contributed by atoms with Gasteiger partial charge >= 0.3 is 18.4 Å². The fourth-order valence-electron chi connectivity index (χ4n) is 2.57. The number of carbonyl (C=O) groups is 2. The lowest BCUT2D eigenvalue weighted by Gasteiger charge is -2.19. The highest BCUT2D eigenvalue weighted by molar-refractivity contribution is 5.90. The van der Waals surface area contributed by atoms with Crippen molar-refractivity contribution in [2.75, 3.05) is 11.9 Å². The number of hydrogen-bond acceptors (Lipinski definition) is 4. The predicted octanol–water partition coefficient (Wildman–Crippen LogP) is 5.15. The second-order valence-corrected chi connectivity index (χ2v) is 8.03. The molecule has 0 aliphatic rings. The summed E-state index contributed by atoms with van der Waals surface area (Å²) in [6, 6.07) is 4.58. The van der Waals surface area contributed by atoms with Crippen LogP contribution in [0.5, 0.6) is 0 Å². The molecule has 182 valence electrons. The van der Waals surface area contributed by atoms with E-state index in [1.54, 1.807) is 20.8 Å². The van der Waals surface area contributed by atoms with Gasteiger partial charge in [0.05, 0.1) is 12.3 Å². The number of anilines is 1. The number of aromatic nitrogens is 2. The zero-order chi connectivity index (χ0) is 25.0. The van der Waals surface area contributed by atoms with Gasteiger partial charge in [-0.3, -0.25) is 4.79 Å². The van der Waals surface area contributed by atoms with Crippen molar-refractivity contribution in [2.24, 2.45) is 0 Å². The monoisotopic (exact) mass is 480 g/mol. The summed E-state index contributed by atoms with van der Waals surface area (Å²) < 4.78 is 83.0. The predicted molar refractivity (Wildman–Crippen MR) is 106 cm³/mol. The Hall–Kier alpha value is -3.25. The number of benzene rings is 1. The molecule has 2 N–H and O–H groups in total. The number of rotatable bonds is 6. The van der Waals surface area contributed by atoms with E-state index in [4.69, 9.17) is 4.74 Å². The third-order valence-electron chi connectivity index (χ3n) is 3.94. The maximum atomic E-state index is 13.1. The number of nitrogens with zero attached hydrogens (tertiary/aromatic N) is 2. The first-order chi connectivity index (χ1) is 15.1. The summed E-state index contributed by atoms with van der Waals surface area (Å²) in [4.78, 5) is 23.5. The molecule has 0 atom stereocenters. The lowest BCUT2D eigenvalue weighted by atomic mass is 10.1. The van der Waals surface area contributed by atoms with Gasteiger partial charge in [-0.1, -0.05) is 0 Å². The van der Waals surface area contributed by atoms with Crippen LogP contribution in [0.15, 0.2) is 30.3 Å². The van der Waals surface area contributed by atoms with Crippen molar-refractivity contribution < 1.29 is 40.7 Å². The number of alkyl halides is 6. The highest BCUT2D eigenvalue weighted by atomic mass is 19.4. The molecule has 0 aliphatic carbocycles. The first kappa shape index (κ1) is 26.0. The molecule has 0 saturated heterocycles. The molecule has 2 amide bonds. The normalized spacial score (nSPS) is 12.4. The Labute approximate surface area is 185 Å². The molecule has 0 bridgehead atoms. The van der Waals surface area contributed by atoms with Crippen LogP contribution in [0, 0.1) is 0 Å². The van der Waals surface area contributed by atoms with E-state index in [0.29, 0.717) is 0 Å². The number of alkyl carbamates (subject to hydrolysis) is 1. The van der Waals surface area contributed by atoms with Crippen LogP contribution >= 0.6 is 0 Å². The average Bonchev–Trinajstić information content (AvgIpc) is 3.11. The third-order valence-corrected chi connectivity index (χ3v) is 3.94. The smallest absolute Gasteiger partial charge is 0.435 e. The topological polar surface area (TPSA) is 85.2 Å². The molecule has 0 unspecified atom stereocenters. The SMILES string of the molecule is CC(C)(C)NC(=O)OCCCC(=O)Nc1ccc(-n2nc(C(F)(F)F)cc2C(F)(F)F)cc1. The lowest BCUT2D eigenvalue weighted by Crippen LogP contribution is -2.41. The van der Waals surface area contributed by atoms with E-state index in [-0.39, 0.29) is 41.6 Å². The summed E-state index contributed by atoms with van der Waals surface area (Å²) in [6.45, 7) is 5.32. The van der Waals surface area contributed by atoms with Gasteiger partial charge in [-0.25, -0.2) is 9.48 Å². The Bertz CT molecular complexity index is 976. The van der Waals surface area contributed by atoms with Crippen molar-refractivity contribution in [3.63, 3.8) is 0 Å². The van der Waals surface area contributed by atoms with Crippen LogP contribution in [0.4, 0.5) is 36.8 Å². The quantitative estimate of drug-likeness (QED) is 0.442. The maximum absolute atomic E-state index is 13.1. The summed E-state index contributed by atoms with van der Waals surface area (Å²) in [6.07, 6.45) is -10.5. The van der Waals surface area contributed by atoms with Gasteiger partial charge < -0.3 is 15.4 Å². The Balaban J connectivity index is 1.97. The summed E-state index contributed by atoms with van der Waals surface area (Å²) >= 11 is 0. The summed E-state index contributed by atoms with van der Waals surface area (Å²) in [5, 5.41) is 8.11. The molecule has 2 rings (SSSR count). The van der Waals surface area contributed by atoms with Gasteiger partial charge in [0.1, 0.15) is 5.69 Å². The highest BCUT2D eigenvalue weighted by Gasteiger charge is 2.42. The molecule has 0 spiro atoms. The zero-order valence-electron chi connectivity index (χ0n) is 17.9. The van der Waals surface area contributed by atoms with Crippen LogP contribution in [-0.2, 0) is 21.9 Å². The summed E-state index contributed by atoms with van der Waals surface area (Å²) in [7, 11) is 0. The van der Waals surface area contributed by atoms with Crippen molar-refractivity contribution in [3.05, 3.63) is 41.7 Å². The third kappa shape index (κ3) is 7.99. The van der Waals surface area contributed by atoms with Gasteiger partial charge in [0.25, 0.3) is 0 Å². The van der Waals surface area contributed by atoms with E-state index < -0.39 is 41.3 Å². The van der Waals surface area contributed by atoms with E-state index in [9.17, 15) is 35.9 Å². The highest BCUT2D eigenvalue weighted by Crippen LogP contribution is 2.36. The number of ether oxygens (including phenoxy) is 1. The molecule has 1 heterocycles. The van der Waals surface area contributed by atoms with Gasteiger partial charge in [-0.05, 0) is 51.5 Å². The van der Waals surface area contributed by atoms with Crippen molar-refractivity contribution in [2.45, 2.75) is 51.5 Å². The average molecular weight is 480 g/mol. The van der Waals surface area contributed by atoms with Crippen molar-refractivity contribution in [3.8, 4) is 5.69 Å². The Morgan fingerprint density at radius 2 is 1.61 bits per heavy atom. The zero-order valence-corrected chi connectivity index (χ0v) is 17.9. The number of halogens is 6. The van der Waals surface area contributed by atoms with Crippen LogP contribution < -0.4 is 10.6 Å². The molecule has 0 radical (unpaired) electrons. The second kappa shape index (κ2) is 9.71. The number of carbonyl (C=O) groups excluding carboxylic acids is 2. The largest absolute Gasteiger partial charge is 0.450 e. The van der Waals surface area contributed by atoms with Crippen molar-refractivity contribution in [1.82, 2.24) is 15.1 Å². The molecule has 0 saturated carbocycles. The van der Waals surface area contributed by atoms with E-state index in [1.807, 2.05) is 0 Å². The van der Waals surface area contributed by atoms with Gasteiger partial charge in [-0.2, -0.15) is 31.4 Å². The van der Waals surface area contributed by atoms with Gasteiger partial charge in [-0.15, -0.1) is 0 Å². The molecule has 2 aromatic rings. The fraction of sp³-hybridized carbons (Fsp3) is 0.450. The van der Waals surface area contributed by atoms with E-state index in [1.165, 1.54) is 12.1 Å². The van der Waals surface area contributed by atoms with E-state index in [2.05, 4.69) is 15.7 Å². The number of nitrogens with one attached hydrogen (secondary N) is 2. The summed E-state index contributed by atoms with van der Waals surface area (Å²) in [5.41, 5.74) is -3.78. The molecule has 13 heteroatoms. The van der Waals surface area contributed by atoms with Gasteiger partial charge in [0.15, 0.2) is 5.69 Å². The van der Waals surface area contributed by atoms with Crippen LogP contribution in [0.25, 0.3) is 5.69 Å². The van der Waals surface area contributed by atoms with Crippen LogP contribution in [-0.4, -0.2) is 33.9 Å². The van der Waals surface area contributed by atoms with Crippen molar-refractivity contribution in [1.29, 1.82) is 0 Å². The second-order valence-electron chi connectivity index (χ2n) is 8.03. The minimum Gasteiger partial charge on any atom is -0.450 e. The van der Waals surface area contributed by atoms with E-state index >= 15 is 0 Å². The molecular weight excluding hydrogens is 458 g/mol. The summed E-state index contributed by atoms with van der Waals surface area (Å²) in [5.74, 6) is -0.447. The number of hydrogen-bond donors (Lipinski definition) is 2. The Morgan fingerprint density at radius 1 is 1.00 bits per heavy atom. The van der Waals surface area contributed by atoms with Gasteiger partial charge in [0, 0.05) is 23.7 Å². The fourth-order valence-corrected chi connectivity index (χ4v) is 2.57. The Morgan fingerprint density at radius 3 is 2.12 bits per heavy atom. The van der Waals surface area contributed by atoms with Gasteiger partial charge in [0.2, 0.25) is 5.91 Å². The van der Waals surface area contributed by atoms with Crippen molar-refractivity contribution >= 4 is 17.7 Å². The first-order valence-corrected chi connectivity index (χ1v) is 9.66. The first-order valence-electron chi connectivity index (χ1n) is 9.66. The van der Waals surface area contributed by atoms with Crippen LogP contribution in [0.3, 0.4) is 0 Å². The lowest BCUT2D eigenvalue weighted by molar-refractivity contribution is -0.143. The minimum absolute atomic E-state index is 0.00311. The number of amides is 2. The van der Waals surface area contributed by atoms with Crippen LogP contribution in [0.2, 0.25) is 0 Å². The van der Waals surface area contributed by atoms with Crippen LogP contribution in [0.1, 0.15) is 45.0 Å². The minimum atomic E-state index is -5.06. The van der Waals surface area contributed by atoms with E-state index in [0.717, 1.165) is 12.1 Å². The molecule has 1 aromatic carbocycles. The molecular formula is C20H22F6N4O3. The molecule has 0 fully saturated rings. The molecule has 7 nitrogen and oxygen atoms in total. The molecule has 0 aliphatic heterocycles. The molecule has 1 aromatic heterocycles. The standard InChI is InChI=1S/C20H22F6N4O3/c1-18(2,3)28-17(32)33-10-4-5-16(31)27-12-6-8-13(9-7-12)30-15(20(24,25)26)11-14(29-30)19(21,22)23/h6-9,11H,4-5,10H2,1-3H3,(H,27,31)(H,28,32). The Kier molecular flexibility index (Phi) is 7.65. The maximum Gasteiger partial charge on any atom is 0.435 e. The molecule has 33 heavy (non-hydrogen) atoms.